The van der Waals surface area contributed by atoms with E-state index in [0.717, 1.165) is 50.0 Å². The van der Waals surface area contributed by atoms with Gasteiger partial charge in [0.2, 0.25) is 0 Å². The van der Waals surface area contributed by atoms with Crippen LogP contribution in [0.15, 0.2) is 44.9 Å². The first-order valence-corrected chi connectivity index (χ1v) is 18.5. The Hall–Kier alpha value is -2.70. The van der Waals surface area contributed by atoms with Crippen LogP contribution in [0.25, 0.3) is 0 Å². The molecule has 0 saturated carbocycles. The summed E-state index contributed by atoms with van der Waals surface area (Å²) < 4.78 is 41.2. The van der Waals surface area contributed by atoms with Crippen LogP contribution >= 0.6 is 0 Å². The van der Waals surface area contributed by atoms with Gasteiger partial charge in [0.15, 0.2) is 0 Å². The lowest BCUT2D eigenvalue weighted by atomic mass is 9.69. The second-order valence-electron chi connectivity index (χ2n) is 12.9. The highest BCUT2D eigenvalue weighted by Gasteiger charge is 2.48. The zero-order valence-corrected chi connectivity index (χ0v) is 27.5. The number of piperidine rings is 3. The highest BCUT2D eigenvalue weighted by atomic mass is 32.2. The Morgan fingerprint density at radius 1 is 1.04 bits per heavy atom. The van der Waals surface area contributed by atoms with Gasteiger partial charge in [-0.15, -0.1) is 0 Å². The maximum atomic E-state index is 12.8. The zero-order chi connectivity index (χ0) is 31.6. The SMILES string of the molecule is CCCCN1CC2CCCN3CCCC(C1CCCC(=O)OCCCCCCOc1no[n+]([O-])c1S(=O)(=O)c1ccccc1)C23. The molecule has 2 aromatic rings. The summed E-state index contributed by atoms with van der Waals surface area (Å²) in [6.07, 6.45) is 13.2. The molecule has 0 bridgehead atoms. The fraction of sp³-hybridized carbons (Fsp3) is 0.727. The third kappa shape index (κ3) is 8.37. The number of carbonyl (C=O) groups excluding carboxylic acids is 1. The number of nitrogens with zero attached hydrogens (tertiary/aromatic N) is 4. The second-order valence-corrected chi connectivity index (χ2v) is 14.7. The van der Waals surface area contributed by atoms with Crippen LogP contribution in [0.4, 0.5) is 0 Å². The molecule has 0 aliphatic carbocycles. The van der Waals surface area contributed by atoms with Crippen molar-refractivity contribution in [2.75, 3.05) is 39.4 Å². The average molecular weight is 647 g/mol. The van der Waals surface area contributed by atoms with Crippen LogP contribution in [0.5, 0.6) is 5.88 Å². The number of carbonyl (C=O) groups is 1. The van der Waals surface area contributed by atoms with Crippen molar-refractivity contribution in [1.29, 1.82) is 0 Å². The number of hydrogen-bond acceptors (Lipinski definition) is 10. The summed E-state index contributed by atoms with van der Waals surface area (Å²) in [6, 6.07) is 8.94. The first-order valence-electron chi connectivity index (χ1n) is 17.1. The maximum Gasteiger partial charge on any atom is 0.414 e. The van der Waals surface area contributed by atoms with Crippen LogP contribution in [-0.2, 0) is 19.4 Å². The first-order chi connectivity index (χ1) is 21.9. The van der Waals surface area contributed by atoms with Crippen LogP contribution in [0, 0.1) is 17.0 Å². The zero-order valence-electron chi connectivity index (χ0n) is 26.7. The van der Waals surface area contributed by atoms with E-state index in [0.29, 0.717) is 25.5 Å². The lowest BCUT2D eigenvalue weighted by molar-refractivity contribution is -0.832. The van der Waals surface area contributed by atoms with Gasteiger partial charge in [-0.3, -0.25) is 19.2 Å². The van der Waals surface area contributed by atoms with Gasteiger partial charge in [0.25, 0.3) is 9.84 Å². The van der Waals surface area contributed by atoms with Gasteiger partial charge < -0.3 is 14.7 Å². The fourth-order valence-corrected chi connectivity index (χ4v) is 9.07. The van der Waals surface area contributed by atoms with Crippen LogP contribution < -0.4 is 9.64 Å². The van der Waals surface area contributed by atoms with Crippen LogP contribution in [-0.4, -0.2) is 80.8 Å². The number of sulfone groups is 1. The number of benzene rings is 1. The molecule has 4 unspecified atom stereocenters. The van der Waals surface area contributed by atoms with Crippen molar-refractivity contribution in [3.05, 3.63) is 35.5 Å². The van der Waals surface area contributed by atoms with E-state index in [2.05, 4.69) is 26.5 Å². The number of hydrogen-bond donors (Lipinski definition) is 0. The molecule has 250 valence electrons. The second kappa shape index (κ2) is 16.2. The molecule has 1 aromatic heterocycles. The molecule has 5 rings (SSSR count). The van der Waals surface area contributed by atoms with Gasteiger partial charge >= 0.3 is 16.9 Å². The third-order valence-corrected chi connectivity index (χ3v) is 11.6. The van der Waals surface area contributed by atoms with Gasteiger partial charge in [-0.1, -0.05) is 31.5 Å². The molecule has 3 fully saturated rings. The van der Waals surface area contributed by atoms with Gasteiger partial charge in [-0.25, -0.2) is 8.42 Å². The largest absolute Gasteiger partial charge is 0.466 e. The molecule has 12 heteroatoms. The summed E-state index contributed by atoms with van der Waals surface area (Å²) in [6.45, 7) is 7.79. The van der Waals surface area contributed by atoms with E-state index in [9.17, 15) is 18.4 Å². The molecule has 3 aliphatic heterocycles. The van der Waals surface area contributed by atoms with E-state index in [1.807, 2.05) is 0 Å². The van der Waals surface area contributed by atoms with Crippen molar-refractivity contribution in [1.82, 2.24) is 15.0 Å². The number of ether oxygens (including phenoxy) is 2. The predicted molar refractivity (Wildman–Crippen MR) is 167 cm³/mol. The number of unbranched alkanes of at least 4 members (excludes halogenated alkanes) is 4. The fourth-order valence-electron chi connectivity index (χ4n) is 7.78. The van der Waals surface area contributed by atoms with Crippen molar-refractivity contribution in [3.63, 3.8) is 0 Å². The molecule has 0 amide bonds. The third-order valence-electron chi connectivity index (χ3n) is 9.85. The number of rotatable bonds is 17. The summed E-state index contributed by atoms with van der Waals surface area (Å²) in [5.41, 5.74) is 0. The number of likely N-dealkylation sites (tertiary alicyclic amines) is 1. The van der Waals surface area contributed by atoms with Crippen molar-refractivity contribution in [2.45, 2.75) is 112 Å². The van der Waals surface area contributed by atoms with Gasteiger partial charge in [0.05, 0.1) is 23.3 Å². The van der Waals surface area contributed by atoms with Crippen molar-refractivity contribution >= 4 is 15.8 Å². The molecular weight excluding hydrogens is 596 g/mol. The Kier molecular flexibility index (Phi) is 12.1. The molecule has 0 radical (unpaired) electrons. The van der Waals surface area contributed by atoms with Crippen molar-refractivity contribution in [3.8, 4) is 5.88 Å². The Labute approximate surface area is 267 Å². The standard InChI is InChI=1S/C33H50N4O7S/c1-2-3-20-36-25-26-14-12-21-35-22-13-17-28(31(26)35)29(36)18-11-19-30(38)42-23-9-4-5-10-24-43-32-33(37(39)44-34-32)45(40,41)27-15-7-6-8-16-27/h6-8,15-16,26,28-29,31H,2-5,9-14,17-25H2,1H3. The molecule has 0 N–H and O–H groups in total. The quantitative estimate of drug-likeness (QED) is 0.135. The lowest BCUT2D eigenvalue weighted by Gasteiger charge is -2.57. The van der Waals surface area contributed by atoms with E-state index in [1.54, 1.807) is 18.2 Å². The number of aromatic nitrogens is 2. The Balaban J connectivity index is 0.976. The molecule has 3 aliphatic rings. The summed E-state index contributed by atoms with van der Waals surface area (Å²) in [4.78, 5) is 17.9. The molecular formula is C33H50N4O7S. The summed E-state index contributed by atoms with van der Waals surface area (Å²) in [5.74, 6) is 1.09. The highest BCUT2D eigenvalue weighted by Crippen LogP contribution is 2.43. The molecule has 45 heavy (non-hydrogen) atoms. The van der Waals surface area contributed by atoms with Crippen molar-refractivity contribution < 1.29 is 32.2 Å². The predicted octanol–water partition coefficient (Wildman–Crippen LogP) is 4.77. The summed E-state index contributed by atoms with van der Waals surface area (Å²) in [7, 11) is -4.13. The van der Waals surface area contributed by atoms with E-state index in [-0.39, 0.29) is 28.3 Å². The minimum absolute atomic E-state index is 0.0433. The lowest BCUT2D eigenvalue weighted by Crippen LogP contribution is -2.64. The first kappa shape index (κ1) is 33.7. The Morgan fingerprint density at radius 2 is 1.80 bits per heavy atom. The van der Waals surface area contributed by atoms with Crippen molar-refractivity contribution in [2.24, 2.45) is 11.8 Å². The van der Waals surface area contributed by atoms with E-state index >= 15 is 0 Å². The van der Waals surface area contributed by atoms with E-state index in [1.165, 1.54) is 76.8 Å². The molecule has 1 aromatic carbocycles. The smallest absolute Gasteiger partial charge is 0.414 e. The maximum absolute atomic E-state index is 12.8. The van der Waals surface area contributed by atoms with Gasteiger partial charge in [0, 0.05) is 25.0 Å². The number of esters is 1. The molecule has 11 nitrogen and oxygen atoms in total. The minimum atomic E-state index is -4.13. The summed E-state index contributed by atoms with van der Waals surface area (Å²) in [5, 5.41) is 14.8. The van der Waals surface area contributed by atoms with Gasteiger partial charge in [0.1, 0.15) is 0 Å². The highest BCUT2D eigenvalue weighted by molar-refractivity contribution is 7.91. The van der Waals surface area contributed by atoms with Crippen LogP contribution in [0.1, 0.15) is 90.4 Å². The molecule has 4 heterocycles. The molecule has 4 atom stereocenters. The Morgan fingerprint density at radius 3 is 2.58 bits per heavy atom. The monoisotopic (exact) mass is 646 g/mol. The van der Waals surface area contributed by atoms with Gasteiger partial charge in [-0.05, 0) is 119 Å². The minimum Gasteiger partial charge on any atom is -0.466 e. The molecule has 0 spiro atoms. The average Bonchev–Trinajstić information content (AvgIpc) is 3.43. The van der Waals surface area contributed by atoms with E-state index < -0.39 is 14.9 Å². The van der Waals surface area contributed by atoms with Crippen LogP contribution in [0.3, 0.4) is 0 Å². The Bertz CT molecular complexity index is 1320. The topological polar surface area (TPSA) is 129 Å². The van der Waals surface area contributed by atoms with Gasteiger partial charge in [-0.2, -0.15) is 0 Å². The normalized spacial score (nSPS) is 23.8. The molecule has 3 saturated heterocycles. The van der Waals surface area contributed by atoms with E-state index in [4.69, 9.17) is 9.47 Å². The van der Waals surface area contributed by atoms with Crippen LogP contribution in [0.2, 0.25) is 0 Å². The summed E-state index contributed by atoms with van der Waals surface area (Å²) >= 11 is 0.